The molecule has 1 saturated heterocycles. The van der Waals surface area contributed by atoms with Crippen LogP contribution in [0.2, 0.25) is 0 Å². The zero-order chi connectivity index (χ0) is 27.7. The second kappa shape index (κ2) is 11.0. The number of ether oxygens (including phenoxy) is 3. The third kappa shape index (κ3) is 5.31. The van der Waals surface area contributed by atoms with E-state index in [0.717, 1.165) is 37.8 Å². The van der Waals surface area contributed by atoms with Crippen LogP contribution in [0.5, 0.6) is 5.75 Å². The van der Waals surface area contributed by atoms with Gasteiger partial charge in [-0.25, -0.2) is 9.78 Å². The van der Waals surface area contributed by atoms with Crippen LogP contribution < -0.4 is 20.9 Å². The van der Waals surface area contributed by atoms with Gasteiger partial charge in [-0.05, 0) is 68.2 Å². The quantitative estimate of drug-likeness (QED) is 0.428. The lowest BCUT2D eigenvalue weighted by atomic mass is 9.85. The summed E-state index contributed by atoms with van der Waals surface area (Å²) in [6.45, 7) is 2.45. The van der Waals surface area contributed by atoms with Crippen LogP contribution >= 0.6 is 0 Å². The van der Waals surface area contributed by atoms with E-state index in [0.29, 0.717) is 66.3 Å². The fourth-order valence-corrected chi connectivity index (χ4v) is 6.20. The maximum absolute atomic E-state index is 12.9. The number of fused-ring (bicyclic) bond motifs is 5. The third-order valence-electron chi connectivity index (χ3n) is 8.52. The number of carbonyl (C=O) groups is 2. The molecule has 11 nitrogen and oxygen atoms in total. The van der Waals surface area contributed by atoms with Crippen molar-refractivity contribution >= 4 is 28.7 Å². The number of aromatic nitrogens is 3. The Bertz CT molecular complexity index is 1510. The predicted molar refractivity (Wildman–Crippen MR) is 146 cm³/mol. The van der Waals surface area contributed by atoms with Crippen LogP contribution in [0.4, 0.5) is 5.82 Å². The van der Waals surface area contributed by atoms with Gasteiger partial charge in [-0.2, -0.15) is 0 Å². The van der Waals surface area contributed by atoms with Crippen molar-refractivity contribution in [2.24, 2.45) is 11.8 Å². The Labute approximate surface area is 231 Å². The van der Waals surface area contributed by atoms with Crippen molar-refractivity contribution in [3.05, 3.63) is 58.1 Å². The summed E-state index contributed by atoms with van der Waals surface area (Å²) in [7, 11) is 1.33. The van der Waals surface area contributed by atoms with Gasteiger partial charge in [-0.15, -0.1) is 0 Å². The predicted octanol–water partition coefficient (Wildman–Crippen LogP) is 2.66. The van der Waals surface area contributed by atoms with E-state index in [2.05, 4.69) is 20.6 Å². The molecular weight excluding hydrogens is 514 g/mol. The number of hydrogen-bond donors (Lipinski definition) is 2. The molecule has 2 bridgehead atoms. The van der Waals surface area contributed by atoms with Gasteiger partial charge < -0.3 is 29.4 Å². The van der Waals surface area contributed by atoms with Gasteiger partial charge in [-0.3, -0.25) is 14.6 Å². The second-order valence-electron chi connectivity index (χ2n) is 11.0. The maximum atomic E-state index is 12.9. The van der Waals surface area contributed by atoms with Crippen LogP contribution in [0.25, 0.3) is 11.0 Å². The summed E-state index contributed by atoms with van der Waals surface area (Å²) >= 11 is 0. The number of nitrogens with one attached hydrogen (secondary N) is 2. The average molecular weight is 548 g/mol. The van der Waals surface area contributed by atoms with Gasteiger partial charge in [-0.1, -0.05) is 0 Å². The number of nitrogens with zero attached hydrogens (tertiary/aromatic N) is 3. The molecule has 5 heterocycles. The lowest BCUT2D eigenvalue weighted by Crippen LogP contribution is -2.48. The molecule has 2 N–H and O–H groups in total. The van der Waals surface area contributed by atoms with Crippen LogP contribution in [-0.2, 0) is 27.4 Å². The Morgan fingerprint density at radius 3 is 2.98 bits per heavy atom. The summed E-state index contributed by atoms with van der Waals surface area (Å²) < 4.78 is 18.2. The van der Waals surface area contributed by atoms with Crippen LogP contribution in [0.1, 0.15) is 48.2 Å². The number of hydrogen-bond acceptors (Lipinski definition) is 9. The van der Waals surface area contributed by atoms with Gasteiger partial charge in [0.05, 0.1) is 36.0 Å². The fourth-order valence-electron chi connectivity index (χ4n) is 6.20. The third-order valence-corrected chi connectivity index (χ3v) is 8.52. The van der Waals surface area contributed by atoms with E-state index >= 15 is 0 Å². The van der Waals surface area contributed by atoms with Crippen LogP contribution in [-0.4, -0.2) is 58.9 Å². The molecule has 3 atom stereocenters. The van der Waals surface area contributed by atoms with Crippen molar-refractivity contribution in [3.8, 4) is 5.75 Å². The van der Waals surface area contributed by atoms with Crippen LogP contribution in [0.3, 0.4) is 0 Å². The molecular formula is C29H33N5O6. The summed E-state index contributed by atoms with van der Waals surface area (Å²) in [6, 6.07) is 8.67. The molecule has 11 heteroatoms. The Hall–Kier alpha value is -3.83. The van der Waals surface area contributed by atoms with E-state index in [4.69, 9.17) is 14.2 Å². The zero-order valence-electron chi connectivity index (χ0n) is 22.5. The van der Waals surface area contributed by atoms with Crippen molar-refractivity contribution in [3.63, 3.8) is 0 Å². The SMILES string of the molecule is COC(=O)c1cnc2ccc(=O)n(CCC3CCC4(NCc5ccc6c(n5)NC(=O)CO6)CCC3COC4)c2c1. The minimum absolute atomic E-state index is 0.00953. The largest absolute Gasteiger partial charge is 0.480 e. The van der Waals surface area contributed by atoms with Gasteiger partial charge in [0.15, 0.2) is 18.2 Å². The lowest BCUT2D eigenvalue weighted by molar-refractivity contribution is -0.118. The first-order valence-corrected chi connectivity index (χ1v) is 13.8. The monoisotopic (exact) mass is 547 g/mol. The minimum atomic E-state index is -0.479. The molecule has 3 aromatic rings. The van der Waals surface area contributed by atoms with Crippen LogP contribution in [0, 0.1) is 11.8 Å². The molecule has 3 unspecified atom stereocenters. The smallest absolute Gasteiger partial charge is 0.339 e. The summed E-state index contributed by atoms with van der Waals surface area (Å²) in [5.41, 5.74) is 2.19. The Balaban J connectivity index is 1.14. The first-order chi connectivity index (χ1) is 19.4. The first-order valence-electron chi connectivity index (χ1n) is 13.8. The van der Waals surface area contributed by atoms with Crippen molar-refractivity contribution in [2.75, 3.05) is 32.2 Å². The normalized spacial score (nSPS) is 24.0. The zero-order valence-corrected chi connectivity index (χ0v) is 22.5. The number of methoxy groups -OCH3 is 1. The number of aryl methyl sites for hydroxylation is 1. The number of rotatable bonds is 7. The average Bonchev–Trinajstić information content (AvgIpc) is 3.28. The summed E-state index contributed by atoms with van der Waals surface area (Å²) in [5, 5.41) is 6.51. The highest BCUT2D eigenvalue weighted by Gasteiger charge is 2.40. The van der Waals surface area contributed by atoms with Crippen LogP contribution in [0.15, 0.2) is 41.3 Å². The lowest BCUT2D eigenvalue weighted by Gasteiger charge is -2.35. The van der Waals surface area contributed by atoms with Gasteiger partial charge in [0.1, 0.15) is 0 Å². The van der Waals surface area contributed by atoms with Gasteiger partial charge in [0, 0.05) is 37.5 Å². The number of amides is 1. The van der Waals surface area contributed by atoms with E-state index < -0.39 is 5.97 Å². The van der Waals surface area contributed by atoms with E-state index in [1.54, 1.807) is 16.7 Å². The Morgan fingerprint density at radius 2 is 2.10 bits per heavy atom. The highest BCUT2D eigenvalue weighted by Crippen LogP contribution is 2.40. The molecule has 2 aliphatic heterocycles. The minimum Gasteiger partial charge on any atom is -0.480 e. The topological polar surface area (TPSA) is 134 Å². The van der Waals surface area contributed by atoms with E-state index in [9.17, 15) is 14.4 Å². The summed E-state index contributed by atoms with van der Waals surface area (Å²) in [5.74, 6) is 1.18. The van der Waals surface area contributed by atoms with E-state index in [1.807, 2.05) is 12.1 Å². The highest BCUT2D eigenvalue weighted by molar-refractivity contribution is 5.94. The highest BCUT2D eigenvalue weighted by atomic mass is 16.5. The first kappa shape index (κ1) is 26.4. The van der Waals surface area contributed by atoms with Gasteiger partial charge in [0.25, 0.3) is 11.5 Å². The number of esters is 1. The van der Waals surface area contributed by atoms with E-state index in [1.165, 1.54) is 19.4 Å². The van der Waals surface area contributed by atoms with Crippen molar-refractivity contribution in [1.29, 1.82) is 0 Å². The van der Waals surface area contributed by atoms with Crippen molar-refractivity contribution < 1.29 is 23.8 Å². The van der Waals surface area contributed by atoms with Crippen molar-refractivity contribution in [2.45, 2.75) is 50.7 Å². The molecule has 0 spiro atoms. The number of anilines is 1. The van der Waals surface area contributed by atoms with E-state index in [-0.39, 0.29) is 23.6 Å². The molecule has 2 fully saturated rings. The van der Waals surface area contributed by atoms with Gasteiger partial charge >= 0.3 is 5.97 Å². The summed E-state index contributed by atoms with van der Waals surface area (Å²) in [6.07, 6.45) is 6.32. The molecule has 1 amide bonds. The molecule has 6 rings (SSSR count). The molecule has 0 radical (unpaired) electrons. The number of carbonyl (C=O) groups excluding carboxylic acids is 2. The second-order valence-corrected chi connectivity index (χ2v) is 11.0. The molecule has 3 aromatic heterocycles. The number of pyridine rings is 3. The fraction of sp³-hybridized carbons (Fsp3) is 0.483. The molecule has 1 saturated carbocycles. The molecule has 1 aliphatic carbocycles. The molecule has 40 heavy (non-hydrogen) atoms. The molecule has 3 aliphatic rings. The summed E-state index contributed by atoms with van der Waals surface area (Å²) in [4.78, 5) is 45.6. The maximum Gasteiger partial charge on any atom is 0.339 e. The standard InChI is InChI=1S/C29H33N5O6/c1-38-28(37)20-12-23-22(30-13-20)3-5-26(36)34(23)11-8-18-6-9-29(10-7-19(18)15-39-17-29)31-14-21-2-4-24-27(32-21)33-25(35)16-40-24/h2-5,12-13,18-19,31H,6-11,14-17H2,1H3,(H,32,33,35). The Kier molecular flexibility index (Phi) is 7.24. The van der Waals surface area contributed by atoms with Gasteiger partial charge in [0.2, 0.25) is 0 Å². The molecule has 0 aromatic carbocycles. The molecule has 210 valence electrons. The Morgan fingerprint density at radius 1 is 1.23 bits per heavy atom. The van der Waals surface area contributed by atoms with Crippen molar-refractivity contribution in [1.82, 2.24) is 19.9 Å².